The first-order valence-electron chi connectivity index (χ1n) is 10.2. The zero-order chi connectivity index (χ0) is 20.5. The number of pyridine rings is 1. The molecule has 1 aliphatic heterocycles. The van der Waals surface area contributed by atoms with E-state index in [0.29, 0.717) is 25.2 Å². The van der Waals surface area contributed by atoms with E-state index in [1.165, 1.54) is 4.90 Å². The monoisotopic (exact) mass is 399 g/mol. The summed E-state index contributed by atoms with van der Waals surface area (Å²) in [4.78, 5) is 8.37. The summed E-state index contributed by atoms with van der Waals surface area (Å²) in [5.41, 5.74) is 7.93. The van der Waals surface area contributed by atoms with Crippen LogP contribution in [-0.4, -0.2) is 59.9 Å². The van der Waals surface area contributed by atoms with Crippen LogP contribution < -0.4 is 16.0 Å². The first-order chi connectivity index (χ1) is 13.1. The SMILES string of the molecule is Cc1nc(N2C[C@@H](C)N(CC(F)(F)F)[C@@H](C)C2)ccc1NC1CCC(N)CC1. The van der Waals surface area contributed by atoms with Crippen molar-refractivity contribution in [3.63, 3.8) is 0 Å². The highest BCUT2D eigenvalue weighted by atomic mass is 19.4. The predicted octanol–water partition coefficient (Wildman–Crippen LogP) is 3.53. The van der Waals surface area contributed by atoms with Gasteiger partial charge in [0.25, 0.3) is 0 Å². The van der Waals surface area contributed by atoms with Crippen molar-refractivity contribution in [2.45, 2.75) is 76.8 Å². The normalized spacial score (nSPS) is 29.8. The van der Waals surface area contributed by atoms with Crippen molar-refractivity contribution >= 4 is 11.5 Å². The van der Waals surface area contributed by atoms with Crippen molar-refractivity contribution in [1.82, 2.24) is 9.88 Å². The van der Waals surface area contributed by atoms with Crippen LogP contribution in [0.5, 0.6) is 0 Å². The van der Waals surface area contributed by atoms with Gasteiger partial charge >= 0.3 is 6.18 Å². The lowest BCUT2D eigenvalue weighted by Crippen LogP contribution is -2.59. The Balaban J connectivity index is 1.64. The molecule has 0 aromatic carbocycles. The third-order valence-corrected chi connectivity index (χ3v) is 5.99. The Morgan fingerprint density at radius 3 is 2.25 bits per heavy atom. The van der Waals surface area contributed by atoms with Gasteiger partial charge in [-0.3, -0.25) is 4.90 Å². The van der Waals surface area contributed by atoms with Crippen LogP contribution in [0.2, 0.25) is 0 Å². The molecule has 3 rings (SSSR count). The van der Waals surface area contributed by atoms with Gasteiger partial charge in [0.05, 0.1) is 17.9 Å². The number of alkyl halides is 3. The topological polar surface area (TPSA) is 57.4 Å². The minimum atomic E-state index is -4.17. The molecule has 5 nitrogen and oxygen atoms in total. The smallest absolute Gasteiger partial charge is 0.381 e. The fourth-order valence-corrected chi connectivity index (χ4v) is 4.42. The quantitative estimate of drug-likeness (QED) is 0.811. The van der Waals surface area contributed by atoms with Gasteiger partial charge in [-0.25, -0.2) is 4.98 Å². The van der Waals surface area contributed by atoms with Crippen LogP contribution in [-0.2, 0) is 0 Å². The van der Waals surface area contributed by atoms with Crippen LogP contribution in [0.25, 0.3) is 0 Å². The molecule has 1 aliphatic carbocycles. The lowest BCUT2D eigenvalue weighted by atomic mass is 9.91. The van der Waals surface area contributed by atoms with Gasteiger partial charge in [0, 0.05) is 37.3 Å². The highest BCUT2D eigenvalue weighted by molar-refractivity contribution is 5.54. The zero-order valence-corrected chi connectivity index (χ0v) is 17.0. The van der Waals surface area contributed by atoms with Crippen LogP contribution in [0.3, 0.4) is 0 Å². The van der Waals surface area contributed by atoms with Crippen LogP contribution in [0.4, 0.5) is 24.7 Å². The lowest BCUT2D eigenvalue weighted by Gasteiger charge is -2.45. The Labute approximate surface area is 165 Å². The average Bonchev–Trinajstić information content (AvgIpc) is 2.61. The van der Waals surface area contributed by atoms with E-state index < -0.39 is 12.7 Å². The molecule has 0 radical (unpaired) electrons. The molecule has 2 heterocycles. The molecule has 158 valence electrons. The summed E-state index contributed by atoms with van der Waals surface area (Å²) in [7, 11) is 0. The van der Waals surface area contributed by atoms with Crippen molar-refractivity contribution in [3.8, 4) is 0 Å². The second-order valence-electron chi connectivity index (χ2n) is 8.45. The molecule has 2 aliphatic rings. The summed E-state index contributed by atoms with van der Waals surface area (Å²) in [5.74, 6) is 0.832. The van der Waals surface area contributed by atoms with Crippen molar-refractivity contribution in [1.29, 1.82) is 0 Å². The van der Waals surface area contributed by atoms with E-state index in [0.717, 1.165) is 42.9 Å². The number of piperazine rings is 1. The second kappa shape index (κ2) is 8.45. The van der Waals surface area contributed by atoms with E-state index in [1.54, 1.807) is 0 Å². The standard InChI is InChI=1S/C20H32F3N5/c1-13-10-27(11-14(2)28(13)12-20(21,22)23)19-9-8-18(15(3)25-19)26-17-6-4-16(24)5-7-17/h8-9,13-14,16-17,26H,4-7,10-12,24H2,1-3H3/t13-,14+,16?,17?. The summed E-state index contributed by atoms with van der Waals surface area (Å²) in [6.45, 7) is 5.91. The Hall–Kier alpha value is -1.54. The molecule has 0 amide bonds. The molecule has 1 saturated carbocycles. The molecule has 8 heteroatoms. The predicted molar refractivity (Wildman–Crippen MR) is 107 cm³/mol. The zero-order valence-electron chi connectivity index (χ0n) is 17.0. The van der Waals surface area contributed by atoms with Gasteiger partial charge in [-0.2, -0.15) is 13.2 Å². The highest BCUT2D eigenvalue weighted by Crippen LogP contribution is 2.28. The van der Waals surface area contributed by atoms with Crippen LogP contribution in [0, 0.1) is 6.92 Å². The Morgan fingerprint density at radius 1 is 1.11 bits per heavy atom. The number of nitrogens with one attached hydrogen (secondary N) is 1. The van der Waals surface area contributed by atoms with Crippen LogP contribution in [0.1, 0.15) is 45.2 Å². The number of nitrogens with two attached hydrogens (primary N) is 1. The number of aromatic nitrogens is 1. The number of hydrogen-bond donors (Lipinski definition) is 2. The van der Waals surface area contributed by atoms with Crippen molar-refractivity contribution in [2.24, 2.45) is 5.73 Å². The van der Waals surface area contributed by atoms with E-state index in [4.69, 9.17) is 10.7 Å². The number of aryl methyl sites for hydroxylation is 1. The fraction of sp³-hybridized carbons (Fsp3) is 0.750. The third kappa shape index (κ3) is 5.29. The molecule has 2 fully saturated rings. The first-order valence-corrected chi connectivity index (χ1v) is 10.2. The lowest BCUT2D eigenvalue weighted by molar-refractivity contribution is -0.156. The van der Waals surface area contributed by atoms with Crippen molar-refractivity contribution in [3.05, 3.63) is 17.8 Å². The molecule has 0 spiro atoms. The Morgan fingerprint density at radius 2 is 1.71 bits per heavy atom. The van der Waals surface area contributed by atoms with E-state index in [-0.39, 0.29) is 12.1 Å². The maximum atomic E-state index is 12.8. The van der Waals surface area contributed by atoms with Crippen LogP contribution in [0.15, 0.2) is 12.1 Å². The molecule has 1 aromatic heterocycles. The van der Waals surface area contributed by atoms with E-state index in [1.807, 2.05) is 32.9 Å². The van der Waals surface area contributed by atoms with Gasteiger partial charge in [-0.05, 0) is 58.6 Å². The molecular weight excluding hydrogens is 367 g/mol. The minimum Gasteiger partial charge on any atom is -0.381 e. The number of halogens is 3. The summed E-state index contributed by atoms with van der Waals surface area (Å²) < 4.78 is 38.5. The minimum absolute atomic E-state index is 0.184. The number of hydrogen-bond acceptors (Lipinski definition) is 5. The molecule has 0 unspecified atom stereocenters. The van der Waals surface area contributed by atoms with Gasteiger partial charge in [-0.1, -0.05) is 0 Å². The van der Waals surface area contributed by atoms with Crippen LogP contribution >= 0.6 is 0 Å². The van der Waals surface area contributed by atoms with Gasteiger partial charge in [-0.15, -0.1) is 0 Å². The van der Waals surface area contributed by atoms with E-state index in [9.17, 15) is 13.2 Å². The number of nitrogens with zero attached hydrogens (tertiary/aromatic N) is 3. The fourth-order valence-electron chi connectivity index (χ4n) is 4.42. The molecule has 3 N–H and O–H groups in total. The van der Waals surface area contributed by atoms with Crippen molar-refractivity contribution < 1.29 is 13.2 Å². The highest BCUT2D eigenvalue weighted by Gasteiger charge is 2.38. The third-order valence-electron chi connectivity index (χ3n) is 5.99. The molecule has 1 saturated heterocycles. The average molecular weight is 400 g/mol. The van der Waals surface area contributed by atoms with Gasteiger partial charge in [0.1, 0.15) is 5.82 Å². The van der Waals surface area contributed by atoms with Crippen molar-refractivity contribution in [2.75, 3.05) is 29.9 Å². The summed E-state index contributed by atoms with van der Waals surface area (Å²) in [6, 6.07) is 4.40. The largest absolute Gasteiger partial charge is 0.401 e. The van der Waals surface area contributed by atoms with E-state index in [2.05, 4.69) is 10.2 Å². The molecule has 1 aromatic rings. The Kier molecular flexibility index (Phi) is 6.39. The van der Waals surface area contributed by atoms with Gasteiger partial charge in [0.2, 0.25) is 0 Å². The number of rotatable bonds is 4. The second-order valence-corrected chi connectivity index (χ2v) is 8.45. The molecule has 0 bridgehead atoms. The molecule has 28 heavy (non-hydrogen) atoms. The molecule has 2 atom stereocenters. The maximum Gasteiger partial charge on any atom is 0.401 e. The first kappa shape index (κ1) is 21.2. The van der Waals surface area contributed by atoms with E-state index >= 15 is 0 Å². The van der Waals surface area contributed by atoms with Gasteiger partial charge < -0.3 is 16.0 Å². The molecular formula is C20H32F3N5. The summed E-state index contributed by atoms with van der Waals surface area (Å²) in [6.07, 6.45) is 0.0490. The van der Waals surface area contributed by atoms with Gasteiger partial charge in [0.15, 0.2) is 0 Å². The summed E-state index contributed by atoms with van der Waals surface area (Å²) in [5, 5.41) is 3.58. The Bertz CT molecular complexity index is 646. The summed E-state index contributed by atoms with van der Waals surface area (Å²) >= 11 is 0. The number of anilines is 2. The maximum absolute atomic E-state index is 12.8.